The van der Waals surface area contributed by atoms with Gasteiger partial charge in [0.1, 0.15) is 5.69 Å². The number of nitro groups is 1. The van der Waals surface area contributed by atoms with Crippen LogP contribution in [0.2, 0.25) is 0 Å². The Hall–Kier alpha value is -2.38. The third kappa shape index (κ3) is 2.77. The Morgan fingerprint density at radius 1 is 1.27 bits per heavy atom. The number of benzene rings is 2. The van der Waals surface area contributed by atoms with Gasteiger partial charge < -0.3 is 5.11 Å². The van der Waals surface area contributed by atoms with Gasteiger partial charge in [0.2, 0.25) is 0 Å². The molecule has 0 bridgehead atoms. The average Bonchev–Trinajstić information content (AvgIpc) is 2.96. The zero-order chi connectivity index (χ0) is 18.3. The highest BCUT2D eigenvalue weighted by molar-refractivity contribution is 8.13. The molecule has 1 N–H and O–H groups in total. The van der Waals surface area contributed by atoms with Crippen LogP contribution in [-0.2, 0) is 5.72 Å². The maximum Gasteiger partial charge on any atom is 0.316 e. The van der Waals surface area contributed by atoms with Crippen molar-refractivity contribution in [2.45, 2.75) is 19.1 Å². The van der Waals surface area contributed by atoms with E-state index in [9.17, 15) is 15.2 Å². The van der Waals surface area contributed by atoms with Gasteiger partial charge in [0.15, 0.2) is 6.54 Å². The van der Waals surface area contributed by atoms with E-state index in [0.717, 1.165) is 35.1 Å². The molecule has 2 aromatic rings. The van der Waals surface area contributed by atoms with E-state index in [-0.39, 0.29) is 5.69 Å². The van der Waals surface area contributed by atoms with Crippen molar-refractivity contribution >= 4 is 28.3 Å². The summed E-state index contributed by atoms with van der Waals surface area (Å²) in [5, 5.41) is 23.8. The average molecular weight is 370 g/mol. The molecule has 0 saturated heterocycles. The quantitative estimate of drug-likeness (QED) is 0.511. The normalized spacial score (nSPS) is 22.5. The first kappa shape index (κ1) is 17.1. The molecule has 2 heterocycles. The second kappa shape index (κ2) is 6.41. The predicted octanol–water partition coefficient (Wildman–Crippen LogP) is 3.07. The molecule has 7 heteroatoms. The lowest BCUT2D eigenvalue weighted by atomic mass is 10.0. The number of nitrogens with zero attached hydrogens (tertiary/aromatic N) is 3. The summed E-state index contributed by atoms with van der Waals surface area (Å²) in [4.78, 5) is 12.9. The highest BCUT2D eigenvalue weighted by atomic mass is 32.2. The van der Waals surface area contributed by atoms with Crippen LogP contribution in [0.5, 0.6) is 0 Å². The van der Waals surface area contributed by atoms with E-state index in [1.54, 1.807) is 23.9 Å². The number of anilines is 1. The minimum Gasteiger partial charge on any atom is -0.346 e. The molecule has 1 atom stereocenters. The summed E-state index contributed by atoms with van der Waals surface area (Å²) in [5.41, 5.74) is 1.46. The summed E-state index contributed by atoms with van der Waals surface area (Å²) in [6, 6.07) is 14.5. The third-order valence-electron chi connectivity index (χ3n) is 4.88. The Kier molecular flexibility index (Phi) is 4.20. The second-order valence-electron chi connectivity index (χ2n) is 6.69. The molecular weight excluding hydrogens is 350 g/mol. The lowest BCUT2D eigenvalue weighted by Gasteiger charge is -2.24. The molecular formula is C19H20N3O3S+. The zero-order valence-electron chi connectivity index (χ0n) is 14.5. The molecule has 0 saturated carbocycles. The van der Waals surface area contributed by atoms with E-state index in [1.807, 2.05) is 29.7 Å². The minimum atomic E-state index is -1.28. The molecule has 2 aromatic carbocycles. The van der Waals surface area contributed by atoms with Gasteiger partial charge in [0.25, 0.3) is 11.4 Å². The molecule has 0 aromatic heterocycles. The number of non-ortho nitro benzene ring substituents is 1. The maximum atomic E-state index is 11.6. The van der Waals surface area contributed by atoms with Crippen LogP contribution in [0, 0.1) is 17.0 Å². The van der Waals surface area contributed by atoms with Crippen molar-refractivity contribution in [2.75, 3.05) is 23.7 Å². The van der Waals surface area contributed by atoms with E-state index in [0.29, 0.717) is 12.1 Å². The molecule has 2 aliphatic rings. The SMILES string of the molecule is Cc1cccc(N2C[C@@](O)(c3cccc([N+](=O)[O-])c3)[N+]3=C2SCCC3)c1. The van der Waals surface area contributed by atoms with Gasteiger partial charge in [0, 0.05) is 23.4 Å². The van der Waals surface area contributed by atoms with Gasteiger partial charge in [-0.3, -0.25) is 10.1 Å². The molecule has 0 fully saturated rings. The van der Waals surface area contributed by atoms with Crippen molar-refractivity contribution in [3.63, 3.8) is 0 Å². The summed E-state index contributed by atoms with van der Waals surface area (Å²) >= 11 is 1.72. The fraction of sp³-hybridized carbons (Fsp3) is 0.316. The van der Waals surface area contributed by atoms with Gasteiger partial charge >= 0.3 is 5.17 Å². The number of hydrogen-bond donors (Lipinski definition) is 1. The lowest BCUT2D eigenvalue weighted by Crippen LogP contribution is -2.41. The maximum absolute atomic E-state index is 11.6. The molecule has 26 heavy (non-hydrogen) atoms. The third-order valence-corrected chi connectivity index (χ3v) is 6.07. The molecule has 0 radical (unpaired) electrons. The molecule has 0 aliphatic carbocycles. The predicted molar refractivity (Wildman–Crippen MR) is 103 cm³/mol. The molecule has 0 amide bonds. The van der Waals surface area contributed by atoms with E-state index < -0.39 is 10.6 Å². The number of thioether (sulfide) groups is 1. The van der Waals surface area contributed by atoms with E-state index >= 15 is 0 Å². The topological polar surface area (TPSA) is 69.6 Å². The lowest BCUT2D eigenvalue weighted by molar-refractivity contribution is -0.656. The van der Waals surface area contributed by atoms with Crippen LogP contribution in [0.3, 0.4) is 0 Å². The monoisotopic (exact) mass is 370 g/mol. The highest BCUT2D eigenvalue weighted by Gasteiger charge is 2.53. The number of aliphatic hydroxyl groups is 1. The second-order valence-corrected chi connectivity index (χ2v) is 7.75. The Labute approximate surface area is 155 Å². The highest BCUT2D eigenvalue weighted by Crippen LogP contribution is 2.38. The number of β-amino-alcohol motifs (C(OH)–C–C–N with tert-alkyl or cyclic N) is 1. The van der Waals surface area contributed by atoms with E-state index in [1.165, 1.54) is 12.1 Å². The fourth-order valence-electron chi connectivity index (χ4n) is 3.61. The van der Waals surface area contributed by atoms with Gasteiger partial charge in [-0.1, -0.05) is 24.3 Å². The summed E-state index contributed by atoms with van der Waals surface area (Å²) in [6.07, 6.45) is 0.965. The molecule has 134 valence electrons. The standard InChI is InChI=1S/C19H20N3O3S/c1-14-5-2-7-16(11-14)20-13-19(23,21-9-4-10-26-18(20)21)15-6-3-8-17(12-15)22(24)25/h2-3,5-8,11-12,23H,4,9-10,13H2,1H3/q+1/t19-/m1/s1. The number of amidine groups is 1. The molecule has 0 unspecified atom stereocenters. The number of hydrogen-bond acceptors (Lipinski definition) is 5. The number of aryl methyl sites for hydroxylation is 1. The Morgan fingerprint density at radius 2 is 2.08 bits per heavy atom. The van der Waals surface area contributed by atoms with Crippen LogP contribution in [0.15, 0.2) is 48.5 Å². The largest absolute Gasteiger partial charge is 0.346 e. The number of rotatable bonds is 3. The summed E-state index contributed by atoms with van der Waals surface area (Å²) in [7, 11) is 0. The van der Waals surface area contributed by atoms with Crippen LogP contribution in [0.25, 0.3) is 0 Å². The Balaban J connectivity index is 1.81. The summed E-state index contributed by atoms with van der Waals surface area (Å²) in [6.45, 7) is 3.12. The summed E-state index contributed by atoms with van der Waals surface area (Å²) in [5.74, 6) is 0.999. The molecule has 6 nitrogen and oxygen atoms in total. The fourth-order valence-corrected chi connectivity index (χ4v) is 4.79. The first-order chi connectivity index (χ1) is 12.5. The van der Waals surface area contributed by atoms with E-state index in [2.05, 4.69) is 11.0 Å². The Morgan fingerprint density at radius 3 is 2.85 bits per heavy atom. The van der Waals surface area contributed by atoms with E-state index in [4.69, 9.17) is 0 Å². The van der Waals surface area contributed by atoms with Crippen LogP contribution in [0.4, 0.5) is 11.4 Å². The zero-order valence-corrected chi connectivity index (χ0v) is 15.3. The first-order valence-corrected chi connectivity index (χ1v) is 9.56. The van der Waals surface area contributed by atoms with Crippen LogP contribution in [-0.4, -0.2) is 38.6 Å². The van der Waals surface area contributed by atoms with Crippen molar-refractivity contribution in [3.8, 4) is 0 Å². The van der Waals surface area contributed by atoms with Crippen molar-refractivity contribution in [1.82, 2.24) is 0 Å². The molecule has 0 spiro atoms. The van der Waals surface area contributed by atoms with Gasteiger partial charge in [-0.05, 0) is 42.8 Å². The smallest absolute Gasteiger partial charge is 0.316 e. The van der Waals surface area contributed by atoms with Crippen LogP contribution >= 0.6 is 11.8 Å². The van der Waals surface area contributed by atoms with Gasteiger partial charge in [-0.2, -0.15) is 0 Å². The molecule has 2 aliphatic heterocycles. The van der Waals surface area contributed by atoms with Crippen molar-refractivity contribution in [3.05, 3.63) is 69.8 Å². The minimum absolute atomic E-state index is 0.00357. The first-order valence-electron chi connectivity index (χ1n) is 8.58. The summed E-state index contributed by atoms with van der Waals surface area (Å²) < 4.78 is 1.99. The number of nitro benzene ring substituents is 1. The molecule has 4 rings (SSSR count). The van der Waals surface area contributed by atoms with Crippen LogP contribution in [0.1, 0.15) is 17.5 Å². The van der Waals surface area contributed by atoms with Gasteiger partial charge in [0.05, 0.1) is 11.5 Å². The van der Waals surface area contributed by atoms with Gasteiger partial charge in [-0.15, -0.1) is 0 Å². The van der Waals surface area contributed by atoms with Crippen molar-refractivity contribution in [2.24, 2.45) is 0 Å². The van der Waals surface area contributed by atoms with Crippen molar-refractivity contribution in [1.29, 1.82) is 0 Å². The Bertz CT molecular complexity index is 914. The van der Waals surface area contributed by atoms with Crippen LogP contribution < -0.4 is 4.90 Å². The van der Waals surface area contributed by atoms with Gasteiger partial charge in [-0.25, -0.2) is 9.48 Å². The van der Waals surface area contributed by atoms with Crippen molar-refractivity contribution < 1.29 is 14.6 Å².